The van der Waals surface area contributed by atoms with Gasteiger partial charge < -0.3 is 10.2 Å². The molecule has 27 heavy (non-hydrogen) atoms. The number of benzene rings is 1. The first kappa shape index (κ1) is 22.5. The van der Waals surface area contributed by atoms with Crippen molar-refractivity contribution in [3.8, 4) is 0 Å². The lowest BCUT2D eigenvalue weighted by molar-refractivity contribution is -0.132. The van der Waals surface area contributed by atoms with E-state index in [9.17, 15) is 13.2 Å². The van der Waals surface area contributed by atoms with Gasteiger partial charge in [0.1, 0.15) is 6.04 Å². The first-order valence-electron chi connectivity index (χ1n) is 8.98. The van der Waals surface area contributed by atoms with Crippen molar-refractivity contribution in [3.63, 3.8) is 0 Å². The van der Waals surface area contributed by atoms with Crippen LogP contribution in [0, 0.1) is 18.8 Å². The molecule has 1 amide bonds. The van der Waals surface area contributed by atoms with E-state index in [2.05, 4.69) is 10.0 Å². The van der Waals surface area contributed by atoms with Gasteiger partial charge in [0, 0.05) is 26.2 Å². The van der Waals surface area contributed by atoms with Crippen LogP contribution in [0.5, 0.6) is 0 Å². The van der Waals surface area contributed by atoms with E-state index in [-0.39, 0.29) is 23.2 Å². The third kappa shape index (κ3) is 5.38. The smallest absolute Gasteiger partial charge is 0.241 e. The molecule has 152 valence electrons. The molecule has 2 N–H and O–H groups in total. The van der Waals surface area contributed by atoms with Crippen molar-refractivity contribution in [2.75, 3.05) is 38.2 Å². The molecule has 2 aliphatic heterocycles. The molecule has 2 fully saturated rings. The van der Waals surface area contributed by atoms with Gasteiger partial charge in [-0.15, -0.1) is 12.4 Å². The van der Waals surface area contributed by atoms with Crippen molar-refractivity contribution in [2.24, 2.45) is 11.8 Å². The van der Waals surface area contributed by atoms with E-state index < -0.39 is 16.1 Å². The zero-order valence-electron chi connectivity index (χ0n) is 15.7. The van der Waals surface area contributed by atoms with Gasteiger partial charge >= 0.3 is 0 Å². The predicted molar refractivity (Wildman–Crippen MR) is 112 cm³/mol. The number of nitrogens with zero attached hydrogens (tertiary/aromatic N) is 1. The Morgan fingerprint density at radius 1 is 1.26 bits per heavy atom. The summed E-state index contributed by atoms with van der Waals surface area (Å²) in [7, 11) is -3.72. The normalized spacial score (nSPS) is 23.0. The summed E-state index contributed by atoms with van der Waals surface area (Å²) in [6, 6.07) is 5.99. The summed E-state index contributed by atoms with van der Waals surface area (Å²) in [6.07, 6.45) is 2.46. The Hall–Kier alpha value is -0.800. The highest BCUT2D eigenvalue weighted by atomic mass is 35.5. The summed E-state index contributed by atoms with van der Waals surface area (Å²) in [5, 5.41) is 3.36. The number of rotatable bonds is 7. The van der Waals surface area contributed by atoms with Crippen LogP contribution in [0.1, 0.15) is 12.0 Å². The molecule has 0 radical (unpaired) electrons. The summed E-state index contributed by atoms with van der Waals surface area (Å²) in [5.41, 5.74) is 0.996. The number of fused-ring (bicyclic) bond motifs is 1. The standard InChI is InChI=1S/C18H27N3O3S2.ClH/c1-13-3-5-16(6-4-13)26(23,24)20-17(7-8-25-2)18(22)21-11-14-9-19-10-15(14)12-21;/h3-6,14-15,17,19-20H,7-12H2,1-2H3;1H/t14-,15+,17?;. The fraction of sp³-hybridized carbons (Fsp3) is 0.611. The highest BCUT2D eigenvalue weighted by Crippen LogP contribution is 2.27. The van der Waals surface area contributed by atoms with E-state index in [1.165, 1.54) is 0 Å². The van der Waals surface area contributed by atoms with Crippen LogP contribution in [0.4, 0.5) is 0 Å². The Bertz CT molecular complexity index is 731. The number of amides is 1. The minimum absolute atomic E-state index is 0. The van der Waals surface area contributed by atoms with Crippen molar-refractivity contribution in [1.82, 2.24) is 14.9 Å². The van der Waals surface area contributed by atoms with E-state index in [0.29, 0.717) is 18.3 Å². The number of hydrogen-bond acceptors (Lipinski definition) is 5. The number of aryl methyl sites for hydroxylation is 1. The van der Waals surface area contributed by atoms with Gasteiger partial charge in [-0.05, 0) is 49.3 Å². The third-order valence-corrected chi connectivity index (χ3v) is 7.37. The molecule has 0 aromatic heterocycles. The van der Waals surface area contributed by atoms with Crippen molar-refractivity contribution in [3.05, 3.63) is 29.8 Å². The van der Waals surface area contributed by atoms with E-state index >= 15 is 0 Å². The van der Waals surface area contributed by atoms with E-state index in [1.54, 1.807) is 36.0 Å². The lowest BCUT2D eigenvalue weighted by Crippen LogP contribution is -2.48. The van der Waals surface area contributed by atoms with E-state index in [0.717, 1.165) is 37.5 Å². The number of thioether (sulfide) groups is 1. The Morgan fingerprint density at radius 3 is 2.41 bits per heavy atom. The Labute approximate surface area is 172 Å². The monoisotopic (exact) mass is 433 g/mol. The Kier molecular flexibility index (Phi) is 8.00. The first-order chi connectivity index (χ1) is 12.4. The quantitative estimate of drug-likeness (QED) is 0.681. The molecule has 0 aliphatic carbocycles. The zero-order chi connectivity index (χ0) is 18.7. The number of nitrogens with one attached hydrogen (secondary N) is 2. The van der Waals surface area contributed by atoms with Crippen LogP contribution in [-0.4, -0.2) is 63.5 Å². The van der Waals surface area contributed by atoms with Crippen molar-refractivity contribution in [2.45, 2.75) is 24.3 Å². The molecule has 3 rings (SSSR count). The van der Waals surface area contributed by atoms with Gasteiger partial charge in [0.25, 0.3) is 0 Å². The van der Waals surface area contributed by atoms with Gasteiger partial charge in [-0.25, -0.2) is 8.42 Å². The fourth-order valence-corrected chi connectivity index (χ4v) is 5.39. The average Bonchev–Trinajstić information content (AvgIpc) is 3.20. The Morgan fingerprint density at radius 2 is 1.85 bits per heavy atom. The van der Waals surface area contributed by atoms with Gasteiger partial charge in [-0.2, -0.15) is 16.5 Å². The van der Waals surface area contributed by atoms with Gasteiger partial charge in [0.2, 0.25) is 15.9 Å². The molecule has 2 heterocycles. The predicted octanol–water partition coefficient (Wildman–Crippen LogP) is 1.49. The van der Waals surface area contributed by atoms with Gasteiger partial charge in [0.15, 0.2) is 0 Å². The van der Waals surface area contributed by atoms with Crippen molar-refractivity contribution < 1.29 is 13.2 Å². The van der Waals surface area contributed by atoms with Crippen LogP contribution in [0.3, 0.4) is 0 Å². The highest BCUT2D eigenvalue weighted by Gasteiger charge is 2.40. The number of carbonyl (C=O) groups excluding carboxylic acids is 1. The molecule has 2 aliphatic rings. The lowest BCUT2D eigenvalue weighted by Gasteiger charge is -2.25. The maximum absolute atomic E-state index is 13.0. The molecular formula is C18H28ClN3O3S2. The second kappa shape index (κ2) is 9.60. The minimum atomic E-state index is -3.72. The number of carbonyl (C=O) groups is 1. The summed E-state index contributed by atoms with van der Waals surface area (Å²) in [5.74, 6) is 1.63. The number of likely N-dealkylation sites (tertiary alicyclic amines) is 1. The summed E-state index contributed by atoms with van der Waals surface area (Å²) in [6.45, 7) is 5.24. The van der Waals surface area contributed by atoms with E-state index in [4.69, 9.17) is 0 Å². The van der Waals surface area contributed by atoms with Crippen LogP contribution in [0.2, 0.25) is 0 Å². The molecule has 1 aromatic carbocycles. The van der Waals surface area contributed by atoms with Crippen molar-refractivity contribution in [1.29, 1.82) is 0 Å². The molecule has 9 heteroatoms. The van der Waals surface area contributed by atoms with Gasteiger partial charge in [0.05, 0.1) is 4.90 Å². The van der Waals surface area contributed by atoms with Crippen LogP contribution < -0.4 is 10.0 Å². The van der Waals surface area contributed by atoms with Crippen LogP contribution in [-0.2, 0) is 14.8 Å². The first-order valence-corrected chi connectivity index (χ1v) is 11.9. The number of hydrogen-bond donors (Lipinski definition) is 2. The van der Waals surface area contributed by atoms with Crippen LogP contribution in [0.25, 0.3) is 0 Å². The van der Waals surface area contributed by atoms with E-state index in [1.807, 2.05) is 18.1 Å². The minimum Gasteiger partial charge on any atom is -0.341 e. The molecular weight excluding hydrogens is 406 g/mol. The molecule has 6 nitrogen and oxygen atoms in total. The molecule has 1 aromatic rings. The average molecular weight is 434 g/mol. The van der Waals surface area contributed by atoms with Crippen LogP contribution in [0.15, 0.2) is 29.2 Å². The summed E-state index contributed by atoms with van der Waals surface area (Å²) < 4.78 is 28.1. The molecule has 1 unspecified atom stereocenters. The number of halogens is 1. The van der Waals surface area contributed by atoms with Crippen molar-refractivity contribution >= 4 is 40.1 Å². The second-order valence-electron chi connectivity index (χ2n) is 7.19. The lowest BCUT2D eigenvalue weighted by atomic mass is 10.0. The van der Waals surface area contributed by atoms with Gasteiger partial charge in [-0.1, -0.05) is 17.7 Å². The maximum Gasteiger partial charge on any atom is 0.241 e. The fourth-order valence-electron chi connectivity index (χ4n) is 3.70. The molecule has 0 bridgehead atoms. The molecule has 0 spiro atoms. The zero-order valence-corrected chi connectivity index (χ0v) is 18.1. The summed E-state index contributed by atoms with van der Waals surface area (Å²) in [4.78, 5) is 15.1. The van der Waals surface area contributed by atoms with Gasteiger partial charge in [-0.3, -0.25) is 4.79 Å². The van der Waals surface area contributed by atoms with Crippen LogP contribution >= 0.6 is 24.2 Å². The Balaban J connectivity index is 0.00000261. The topological polar surface area (TPSA) is 78.5 Å². The second-order valence-corrected chi connectivity index (χ2v) is 9.89. The molecule has 3 atom stereocenters. The third-order valence-electron chi connectivity index (χ3n) is 5.24. The number of sulfonamides is 1. The molecule has 2 saturated heterocycles. The largest absolute Gasteiger partial charge is 0.341 e. The molecule has 0 saturated carbocycles. The SMILES string of the molecule is CSCCC(NS(=O)(=O)c1ccc(C)cc1)C(=O)N1C[C@H]2CNC[C@H]2C1.Cl. The summed E-state index contributed by atoms with van der Waals surface area (Å²) >= 11 is 1.61. The highest BCUT2D eigenvalue weighted by molar-refractivity contribution is 7.98. The maximum atomic E-state index is 13.0.